The summed E-state index contributed by atoms with van der Waals surface area (Å²) in [5, 5.41) is 7.11. The van der Waals surface area contributed by atoms with Gasteiger partial charge in [0, 0.05) is 25.6 Å². The Hall–Kier alpha value is -1.48. The van der Waals surface area contributed by atoms with E-state index in [0.717, 1.165) is 19.3 Å². The first-order valence-electron chi connectivity index (χ1n) is 9.81. The Labute approximate surface area is 160 Å². The van der Waals surface area contributed by atoms with E-state index in [-0.39, 0.29) is 17.9 Å². The fraction of sp³-hybridized carbons (Fsp3) is 0.833. The molecule has 1 aliphatic heterocycles. The first-order chi connectivity index (χ1) is 12.8. The molecule has 1 unspecified atom stereocenters. The molecule has 3 atom stereocenters. The highest BCUT2D eigenvalue weighted by Gasteiger charge is 2.58. The van der Waals surface area contributed by atoms with Gasteiger partial charge >= 0.3 is 0 Å². The van der Waals surface area contributed by atoms with Crippen molar-refractivity contribution in [3.63, 3.8) is 0 Å². The molecule has 3 fully saturated rings. The zero-order valence-corrected chi connectivity index (χ0v) is 16.8. The third-order valence-corrected chi connectivity index (χ3v) is 7.80. The van der Waals surface area contributed by atoms with E-state index in [1.54, 1.807) is 6.92 Å². The van der Waals surface area contributed by atoms with Gasteiger partial charge < -0.3 is 9.84 Å². The van der Waals surface area contributed by atoms with Gasteiger partial charge in [0.2, 0.25) is 21.8 Å². The van der Waals surface area contributed by atoms with Crippen LogP contribution in [0.3, 0.4) is 0 Å². The number of hydrogen-bond donors (Lipinski definition) is 1. The van der Waals surface area contributed by atoms with Gasteiger partial charge in [-0.05, 0) is 44.4 Å². The van der Waals surface area contributed by atoms with Crippen LogP contribution in [0, 0.1) is 18.8 Å². The van der Waals surface area contributed by atoms with Crippen LogP contribution in [0.1, 0.15) is 56.7 Å². The molecule has 1 aromatic rings. The van der Waals surface area contributed by atoms with E-state index in [1.807, 2.05) is 0 Å². The lowest BCUT2D eigenvalue weighted by atomic mass is 9.80. The molecule has 2 heterocycles. The van der Waals surface area contributed by atoms with Crippen LogP contribution >= 0.6 is 0 Å². The molecule has 0 bridgehead atoms. The maximum Gasteiger partial charge on any atom is 0.234 e. The molecule has 4 rings (SSSR count). The van der Waals surface area contributed by atoms with Crippen LogP contribution in [0.2, 0.25) is 0 Å². The van der Waals surface area contributed by atoms with Gasteiger partial charge in [-0.15, -0.1) is 0 Å². The van der Waals surface area contributed by atoms with Crippen LogP contribution < -0.4 is 5.32 Å². The summed E-state index contributed by atoms with van der Waals surface area (Å²) in [5.74, 6) is 1.75. The van der Waals surface area contributed by atoms with Gasteiger partial charge in [-0.1, -0.05) is 18.0 Å². The Bertz CT molecular complexity index is 817. The van der Waals surface area contributed by atoms with Crippen molar-refractivity contribution >= 4 is 15.9 Å². The van der Waals surface area contributed by atoms with E-state index in [4.69, 9.17) is 4.52 Å². The van der Waals surface area contributed by atoms with E-state index >= 15 is 0 Å². The minimum absolute atomic E-state index is 0.0258. The predicted molar refractivity (Wildman–Crippen MR) is 98.4 cm³/mol. The number of sulfonamides is 1. The maximum absolute atomic E-state index is 12.5. The average molecular weight is 397 g/mol. The van der Waals surface area contributed by atoms with Crippen molar-refractivity contribution in [1.82, 2.24) is 19.8 Å². The van der Waals surface area contributed by atoms with Crippen LogP contribution in [0.15, 0.2) is 4.52 Å². The third kappa shape index (κ3) is 3.63. The second kappa shape index (κ2) is 6.84. The first kappa shape index (κ1) is 18.9. The minimum Gasteiger partial charge on any atom is -0.353 e. The van der Waals surface area contributed by atoms with Gasteiger partial charge in [-0.2, -0.15) is 4.98 Å². The zero-order chi connectivity index (χ0) is 19.2. The number of hydrogen-bond acceptors (Lipinski definition) is 6. The fourth-order valence-corrected chi connectivity index (χ4v) is 6.20. The number of nitrogens with zero attached hydrogens (tertiary/aromatic N) is 3. The molecule has 3 aliphatic rings. The number of carbonyl (C=O) groups is 1. The van der Waals surface area contributed by atoms with Crippen molar-refractivity contribution in [3.05, 3.63) is 11.7 Å². The molecule has 1 saturated heterocycles. The molecule has 0 spiro atoms. The lowest BCUT2D eigenvalue weighted by Crippen LogP contribution is -2.39. The Balaban J connectivity index is 1.49. The molecule has 0 radical (unpaired) electrons. The maximum atomic E-state index is 12.5. The molecular formula is C18H28N4O4S. The molecule has 1 N–H and O–H groups in total. The number of carbonyl (C=O) groups excluding carboxylic acids is 1. The van der Waals surface area contributed by atoms with Gasteiger partial charge in [0.05, 0.1) is 11.7 Å². The number of aryl methyl sites for hydroxylation is 1. The molecule has 2 saturated carbocycles. The zero-order valence-electron chi connectivity index (χ0n) is 16.0. The summed E-state index contributed by atoms with van der Waals surface area (Å²) in [6.45, 7) is 2.54. The highest BCUT2D eigenvalue weighted by atomic mass is 32.2. The Kier molecular flexibility index (Phi) is 4.78. The van der Waals surface area contributed by atoms with Gasteiger partial charge in [0.1, 0.15) is 0 Å². The number of amides is 1. The van der Waals surface area contributed by atoms with Gasteiger partial charge in [0.25, 0.3) is 0 Å². The lowest BCUT2D eigenvalue weighted by Gasteiger charge is -2.25. The van der Waals surface area contributed by atoms with Crippen molar-refractivity contribution in [2.24, 2.45) is 11.8 Å². The largest absolute Gasteiger partial charge is 0.353 e. The van der Waals surface area contributed by atoms with E-state index < -0.39 is 15.4 Å². The predicted octanol–water partition coefficient (Wildman–Crippen LogP) is 1.37. The summed E-state index contributed by atoms with van der Waals surface area (Å²) >= 11 is 0. The summed E-state index contributed by atoms with van der Waals surface area (Å²) in [6, 6.07) is 0.0258. The highest BCUT2D eigenvalue weighted by molar-refractivity contribution is 7.88. The van der Waals surface area contributed by atoms with Crippen LogP contribution in [0.5, 0.6) is 0 Å². The molecule has 27 heavy (non-hydrogen) atoms. The quantitative estimate of drug-likeness (QED) is 0.806. The fourth-order valence-electron chi connectivity index (χ4n) is 5.28. The minimum atomic E-state index is -3.28. The second-order valence-corrected chi connectivity index (χ2v) is 10.6. The summed E-state index contributed by atoms with van der Waals surface area (Å²) < 4.78 is 31.2. The standard InChI is InChI=1S/C18H28N4O4S/c1-12-19-17(26-21-12)18-9-15(20-16(23)7-13-5-3-4-6-13)8-14(18)10-22(11-18)27(2,24)25/h13-15H,3-11H2,1-2H3,(H,20,23)/t14?,15-,18+/m1/s1. The summed E-state index contributed by atoms with van der Waals surface area (Å²) in [6.07, 6.45) is 7.97. The number of nitrogens with one attached hydrogen (secondary N) is 1. The number of rotatable bonds is 5. The summed E-state index contributed by atoms with van der Waals surface area (Å²) in [7, 11) is -3.28. The van der Waals surface area contributed by atoms with Crippen molar-refractivity contribution in [2.75, 3.05) is 19.3 Å². The van der Waals surface area contributed by atoms with Crippen LogP contribution in [-0.2, 0) is 20.2 Å². The smallest absolute Gasteiger partial charge is 0.234 e. The Morgan fingerprint density at radius 1 is 1.37 bits per heavy atom. The first-order valence-corrected chi connectivity index (χ1v) is 11.7. The van der Waals surface area contributed by atoms with Crippen molar-refractivity contribution in [2.45, 2.75) is 63.3 Å². The van der Waals surface area contributed by atoms with Crippen molar-refractivity contribution in [1.29, 1.82) is 0 Å². The molecule has 9 heteroatoms. The molecular weight excluding hydrogens is 368 g/mol. The summed E-state index contributed by atoms with van der Waals surface area (Å²) in [4.78, 5) is 16.9. The van der Waals surface area contributed by atoms with E-state index in [0.29, 0.717) is 43.6 Å². The lowest BCUT2D eigenvalue weighted by molar-refractivity contribution is -0.122. The number of aromatic nitrogens is 2. The second-order valence-electron chi connectivity index (χ2n) is 8.61. The normalized spacial score (nSPS) is 32.1. The van der Waals surface area contributed by atoms with Crippen molar-refractivity contribution in [3.8, 4) is 0 Å². The van der Waals surface area contributed by atoms with Crippen LogP contribution in [0.4, 0.5) is 0 Å². The van der Waals surface area contributed by atoms with E-state index in [2.05, 4.69) is 15.5 Å². The Morgan fingerprint density at radius 2 is 2.11 bits per heavy atom. The molecule has 1 amide bonds. The van der Waals surface area contributed by atoms with Gasteiger partial charge in [0.15, 0.2) is 5.82 Å². The highest BCUT2D eigenvalue weighted by Crippen LogP contribution is 2.50. The molecule has 150 valence electrons. The average Bonchev–Trinajstić information content (AvgIpc) is 3.29. The molecule has 2 aliphatic carbocycles. The third-order valence-electron chi connectivity index (χ3n) is 6.58. The molecule has 0 aromatic carbocycles. The topological polar surface area (TPSA) is 105 Å². The molecule has 1 aromatic heterocycles. The van der Waals surface area contributed by atoms with E-state index in [9.17, 15) is 13.2 Å². The van der Waals surface area contributed by atoms with Crippen LogP contribution in [-0.4, -0.2) is 54.2 Å². The monoisotopic (exact) mass is 396 g/mol. The van der Waals surface area contributed by atoms with Gasteiger partial charge in [-0.25, -0.2) is 12.7 Å². The van der Waals surface area contributed by atoms with Crippen molar-refractivity contribution < 1.29 is 17.7 Å². The summed E-state index contributed by atoms with van der Waals surface area (Å²) in [5.41, 5.74) is -0.504. The Morgan fingerprint density at radius 3 is 2.74 bits per heavy atom. The van der Waals surface area contributed by atoms with E-state index in [1.165, 1.54) is 23.4 Å². The SMILES string of the molecule is Cc1noc([C@]23C[C@H](NC(=O)CC4CCCC4)CC2CN(S(C)(=O)=O)C3)n1. The van der Waals surface area contributed by atoms with Gasteiger partial charge in [-0.3, -0.25) is 4.79 Å². The number of fused-ring (bicyclic) bond motifs is 1. The molecule has 8 nitrogen and oxygen atoms in total. The van der Waals surface area contributed by atoms with Crippen LogP contribution in [0.25, 0.3) is 0 Å².